The zero-order valence-electron chi connectivity index (χ0n) is 10.2. The smallest absolute Gasteiger partial charge is 0.224 e. The number of nitrogens with one attached hydrogen (secondary N) is 1. The summed E-state index contributed by atoms with van der Waals surface area (Å²) in [6.07, 6.45) is 1.49. The van der Waals surface area contributed by atoms with Crippen LogP contribution in [0, 0.1) is 12.8 Å². The Balaban J connectivity index is 2.53. The fraction of sp³-hybridized carbons (Fsp3) is 0.462. The Morgan fingerprint density at radius 2 is 2.12 bits per heavy atom. The summed E-state index contributed by atoms with van der Waals surface area (Å²) >= 11 is 0. The zero-order chi connectivity index (χ0) is 12.1. The third-order valence-electron chi connectivity index (χ3n) is 2.50. The van der Waals surface area contributed by atoms with E-state index >= 15 is 0 Å². The minimum absolute atomic E-state index is 0.0675. The molecule has 0 atom stereocenters. The third kappa shape index (κ3) is 3.93. The average molecular weight is 220 g/mol. The van der Waals surface area contributed by atoms with E-state index in [2.05, 4.69) is 19.2 Å². The Kier molecular flexibility index (Phi) is 4.35. The molecule has 0 aliphatic carbocycles. The van der Waals surface area contributed by atoms with Crippen molar-refractivity contribution in [1.29, 1.82) is 0 Å². The molecule has 1 amide bonds. The van der Waals surface area contributed by atoms with E-state index in [-0.39, 0.29) is 5.91 Å². The first-order chi connectivity index (χ1) is 7.49. The average Bonchev–Trinajstić information content (AvgIpc) is 2.21. The summed E-state index contributed by atoms with van der Waals surface area (Å²) in [6, 6.07) is 5.53. The third-order valence-corrected chi connectivity index (χ3v) is 2.50. The molecule has 1 aromatic carbocycles. The Morgan fingerprint density at radius 1 is 1.44 bits per heavy atom. The second-order valence-corrected chi connectivity index (χ2v) is 4.55. The van der Waals surface area contributed by atoms with E-state index in [1.165, 1.54) is 0 Å². The Hall–Kier alpha value is -1.51. The maximum Gasteiger partial charge on any atom is 0.224 e. The van der Waals surface area contributed by atoms with Crippen LogP contribution in [0.5, 0.6) is 0 Å². The number of nitrogens with two attached hydrogens (primary N) is 1. The molecule has 0 heterocycles. The van der Waals surface area contributed by atoms with Gasteiger partial charge in [-0.1, -0.05) is 13.8 Å². The van der Waals surface area contributed by atoms with Crippen LogP contribution in [0.25, 0.3) is 0 Å². The van der Waals surface area contributed by atoms with E-state index in [9.17, 15) is 4.79 Å². The van der Waals surface area contributed by atoms with E-state index in [1.807, 2.05) is 25.1 Å². The highest BCUT2D eigenvalue weighted by Gasteiger charge is 2.04. The first kappa shape index (κ1) is 12.6. The predicted molar refractivity (Wildman–Crippen MR) is 68.3 cm³/mol. The van der Waals surface area contributed by atoms with E-state index in [0.717, 1.165) is 23.4 Å². The van der Waals surface area contributed by atoms with Crippen LogP contribution >= 0.6 is 0 Å². The molecular formula is C13H20N2O. The van der Waals surface area contributed by atoms with Gasteiger partial charge in [-0.2, -0.15) is 0 Å². The van der Waals surface area contributed by atoms with E-state index in [4.69, 9.17) is 5.73 Å². The van der Waals surface area contributed by atoms with Crippen molar-refractivity contribution in [3.63, 3.8) is 0 Å². The Morgan fingerprint density at radius 3 is 2.69 bits per heavy atom. The number of anilines is 2. The molecule has 0 saturated heterocycles. The second-order valence-electron chi connectivity index (χ2n) is 4.55. The summed E-state index contributed by atoms with van der Waals surface area (Å²) in [6.45, 7) is 6.15. The van der Waals surface area contributed by atoms with Crippen molar-refractivity contribution >= 4 is 17.3 Å². The van der Waals surface area contributed by atoms with Gasteiger partial charge in [-0.3, -0.25) is 4.79 Å². The minimum Gasteiger partial charge on any atom is -0.399 e. The second kappa shape index (κ2) is 5.54. The van der Waals surface area contributed by atoms with Gasteiger partial charge in [-0.05, 0) is 43.0 Å². The van der Waals surface area contributed by atoms with Gasteiger partial charge < -0.3 is 11.1 Å². The molecule has 3 N–H and O–H groups in total. The summed E-state index contributed by atoms with van der Waals surface area (Å²) in [7, 11) is 0. The molecule has 0 aromatic heterocycles. The summed E-state index contributed by atoms with van der Waals surface area (Å²) in [5.41, 5.74) is 8.26. The summed E-state index contributed by atoms with van der Waals surface area (Å²) in [5, 5.41) is 2.87. The van der Waals surface area contributed by atoms with Crippen LogP contribution in [-0.4, -0.2) is 5.91 Å². The summed E-state index contributed by atoms with van der Waals surface area (Å²) < 4.78 is 0. The van der Waals surface area contributed by atoms with Gasteiger partial charge in [0, 0.05) is 17.8 Å². The van der Waals surface area contributed by atoms with Gasteiger partial charge in [-0.15, -0.1) is 0 Å². The molecule has 0 unspecified atom stereocenters. The van der Waals surface area contributed by atoms with Crippen molar-refractivity contribution < 1.29 is 4.79 Å². The van der Waals surface area contributed by atoms with Crippen molar-refractivity contribution in [3.8, 4) is 0 Å². The lowest BCUT2D eigenvalue weighted by molar-refractivity contribution is -0.116. The van der Waals surface area contributed by atoms with Crippen molar-refractivity contribution in [2.24, 2.45) is 5.92 Å². The van der Waals surface area contributed by atoms with Gasteiger partial charge in [0.25, 0.3) is 0 Å². The van der Waals surface area contributed by atoms with Gasteiger partial charge in [0.2, 0.25) is 5.91 Å². The van der Waals surface area contributed by atoms with Crippen LogP contribution < -0.4 is 11.1 Å². The fourth-order valence-corrected chi connectivity index (χ4v) is 1.40. The number of amides is 1. The molecule has 3 nitrogen and oxygen atoms in total. The van der Waals surface area contributed by atoms with Crippen LogP contribution in [0.1, 0.15) is 32.3 Å². The fourth-order valence-electron chi connectivity index (χ4n) is 1.40. The zero-order valence-corrected chi connectivity index (χ0v) is 10.2. The van der Waals surface area contributed by atoms with Crippen LogP contribution in [0.15, 0.2) is 18.2 Å². The quantitative estimate of drug-likeness (QED) is 0.766. The van der Waals surface area contributed by atoms with Gasteiger partial charge >= 0.3 is 0 Å². The Bertz CT molecular complexity index is 372. The lowest BCUT2D eigenvalue weighted by atomic mass is 10.1. The molecule has 0 saturated carbocycles. The molecule has 0 aliphatic heterocycles. The van der Waals surface area contributed by atoms with Crippen molar-refractivity contribution in [2.75, 3.05) is 11.1 Å². The number of carbonyl (C=O) groups is 1. The summed E-state index contributed by atoms with van der Waals surface area (Å²) in [4.78, 5) is 11.6. The van der Waals surface area contributed by atoms with Gasteiger partial charge in [-0.25, -0.2) is 0 Å². The number of benzene rings is 1. The van der Waals surface area contributed by atoms with Crippen molar-refractivity contribution in [3.05, 3.63) is 23.8 Å². The minimum atomic E-state index is 0.0675. The van der Waals surface area contributed by atoms with Crippen LogP contribution in [0.2, 0.25) is 0 Å². The molecule has 0 bridgehead atoms. The van der Waals surface area contributed by atoms with Crippen LogP contribution in [0.3, 0.4) is 0 Å². The lowest BCUT2D eigenvalue weighted by Gasteiger charge is -2.08. The van der Waals surface area contributed by atoms with E-state index in [0.29, 0.717) is 12.3 Å². The van der Waals surface area contributed by atoms with Gasteiger partial charge in [0.15, 0.2) is 0 Å². The summed E-state index contributed by atoms with van der Waals surface area (Å²) in [5.74, 6) is 0.622. The standard InChI is InChI=1S/C13H20N2O/c1-9(2)4-7-13(16)15-11-5-6-12(14)10(3)8-11/h5-6,8-9H,4,7,14H2,1-3H3,(H,15,16). The molecule has 3 heteroatoms. The number of carbonyl (C=O) groups excluding carboxylic acids is 1. The highest BCUT2D eigenvalue weighted by atomic mass is 16.1. The molecule has 0 spiro atoms. The first-order valence-electron chi connectivity index (χ1n) is 5.65. The normalized spacial score (nSPS) is 10.5. The molecule has 0 aliphatic rings. The molecule has 1 aromatic rings. The highest BCUT2D eigenvalue weighted by Crippen LogP contribution is 2.17. The molecule has 16 heavy (non-hydrogen) atoms. The Labute approximate surface area is 97.0 Å². The maximum atomic E-state index is 11.6. The molecule has 88 valence electrons. The maximum absolute atomic E-state index is 11.6. The van der Waals surface area contributed by atoms with Crippen LogP contribution in [-0.2, 0) is 4.79 Å². The predicted octanol–water partition coefficient (Wildman–Crippen LogP) is 2.95. The largest absolute Gasteiger partial charge is 0.399 e. The van der Waals surface area contributed by atoms with E-state index in [1.54, 1.807) is 0 Å². The van der Waals surface area contributed by atoms with Crippen molar-refractivity contribution in [1.82, 2.24) is 0 Å². The molecule has 0 fully saturated rings. The first-order valence-corrected chi connectivity index (χ1v) is 5.65. The highest BCUT2D eigenvalue weighted by molar-refractivity contribution is 5.91. The number of nitrogen functional groups attached to an aromatic ring is 1. The topological polar surface area (TPSA) is 55.1 Å². The van der Waals surface area contributed by atoms with Gasteiger partial charge in [0.05, 0.1) is 0 Å². The number of aryl methyl sites for hydroxylation is 1. The number of hydrogen-bond donors (Lipinski definition) is 2. The van der Waals surface area contributed by atoms with E-state index < -0.39 is 0 Å². The van der Waals surface area contributed by atoms with Crippen molar-refractivity contribution in [2.45, 2.75) is 33.6 Å². The number of hydrogen-bond acceptors (Lipinski definition) is 2. The molecular weight excluding hydrogens is 200 g/mol. The van der Waals surface area contributed by atoms with Gasteiger partial charge in [0.1, 0.15) is 0 Å². The monoisotopic (exact) mass is 220 g/mol. The SMILES string of the molecule is Cc1cc(NC(=O)CCC(C)C)ccc1N. The number of rotatable bonds is 4. The molecule has 1 rings (SSSR count). The molecule has 0 radical (unpaired) electrons. The van der Waals surface area contributed by atoms with Crippen LogP contribution in [0.4, 0.5) is 11.4 Å². The lowest BCUT2D eigenvalue weighted by Crippen LogP contribution is -2.12.